The normalized spacial score (nSPS) is 12.2. The first-order valence-corrected chi connectivity index (χ1v) is 6.89. The lowest BCUT2D eigenvalue weighted by atomic mass is 10.2. The van der Waals surface area contributed by atoms with Crippen molar-refractivity contribution in [1.29, 1.82) is 0 Å². The highest BCUT2D eigenvalue weighted by Crippen LogP contribution is 2.27. The first-order chi connectivity index (χ1) is 8.15. The van der Waals surface area contributed by atoms with Crippen LogP contribution in [0.15, 0.2) is 47.1 Å². The van der Waals surface area contributed by atoms with E-state index in [1.165, 1.54) is 5.56 Å². The van der Waals surface area contributed by atoms with E-state index in [1.54, 1.807) is 6.20 Å². The van der Waals surface area contributed by atoms with E-state index in [1.807, 2.05) is 30.3 Å². The van der Waals surface area contributed by atoms with E-state index in [0.29, 0.717) is 10.7 Å². The zero-order valence-electron chi connectivity index (χ0n) is 9.23. The Bertz CT molecular complexity index is 497. The smallest absolute Gasteiger partial charge is 0.219 e. The summed E-state index contributed by atoms with van der Waals surface area (Å²) in [7, 11) is 0. The van der Waals surface area contributed by atoms with Gasteiger partial charge in [0.1, 0.15) is 5.75 Å². The number of rotatable bonds is 3. The quantitative estimate of drug-likeness (QED) is 0.714. The Morgan fingerprint density at radius 2 is 2.06 bits per heavy atom. The second-order valence-corrected chi connectivity index (χ2v) is 5.89. The number of ether oxygens (including phenoxy) is 1. The molecule has 1 atom stereocenters. The molecular weight excluding hydrogens is 346 g/mol. The zero-order valence-corrected chi connectivity index (χ0v) is 12.4. The Balaban J connectivity index is 2.18. The monoisotopic (exact) mass is 355 g/mol. The molecule has 1 aromatic carbocycles. The molecule has 4 heteroatoms. The highest BCUT2D eigenvalue weighted by Gasteiger charge is 2.03. The van der Waals surface area contributed by atoms with Gasteiger partial charge in [-0.1, -0.05) is 28.1 Å². The fraction of sp³-hybridized carbons (Fsp3) is 0.154. The SMILES string of the molecule is CC(Br)c1cccc(Oc2ccc(Br)cn2)c1. The van der Waals surface area contributed by atoms with Crippen LogP contribution in [0.25, 0.3) is 0 Å². The number of aromatic nitrogens is 1. The van der Waals surface area contributed by atoms with E-state index in [4.69, 9.17) is 4.74 Å². The number of halogens is 2. The number of hydrogen-bond acceptors (Lipinski definition) is 2. The molecule has 0 radical (unpaired) electrons. The Hall–Kier alpha value is -0.870. The van der Waals surface area contributed by atoms with Gasteiger partial charge in [-0.3, -0.25) is 0 Å². The fourth-order valence-electron chi connectivity index (χ4n) is 1.37. The first kappa shape index (κ1) is 12.6. The maximum absolute atomic E-state index is 5.67. The summed E-state index contributed by atoms with van der Waals surface area (Å²) in [6.45, 7) is 2.08. The summed E-state index contributed by atoms with van der Waals surface area (Å²) in [6, 6.07) is 11.7. The van der Waals surface area contributed by atoms with E-state index < -0.39 is 0 Å². The summed E-state index contributed by atoms with van der Waals surface area (Å²) < 4.78 is 6.61. The lowest BCUT2D eigenvalue weighted by molar-refractivity contribution is 0.462. The molecule has 1 aromatic heterocycles. The van der Waals surface area contributed by atoms with Crippen LogP contribution >= 0.6 is 31.9 Å². The third-order valence-corrected chi connectivity index (χ3v) is 3.24. The number of pyridine rings is 1. The Morgan fingerprint density at radius 1 is 1.24 bits per heavy atom. The van der Waals surface area contributed by atoms with Gasteiger partial charge in [-0.05, 0) is 46.6 Å². The molecule has 2 rings (SSSR count). The van der Waals surface area contributed by atoms with Crippen LogP contribution in [0.4, 0.5) is 0 Å². The molecule has 88 valence electrons. The van der Waals surface area contributed by atoms with Gasteiger partial charge < -0.3 is 4.74 Å². The molecule has 0 aliphatic heterocycles. The van der Waals surface area contributed by atoms with E-state index in [2.05, 4.69) is 49.8 Å². The van der Waals surface area contributed by atoms with Crippen molar-refractivity contribution in [2.24, 2.45) is 0 Å². The van der Waals surface area contributed by atoms with Crippen LogP contribution in [0.1, 0.15) is 17.3 Å². The Kier molecular flexibility index (Phi) is 4.18. The summed E-state index contributed by atoms with van der Waals surface area (Å²) >= 11 is 6.87. The van der Waals surface area contributed by atoms with Gasteiger partial charge in [-0.15, -0.1) is 0 Å². The van der Waals surface area contributed by atoms with Crippen LogP contribution < -0.4 is 4.74 Å². The molecule has 2 nitrogen and oxygen atoms in total. The minimum atomic E-state index is 0.309. The van der Waals surface area contributed by atoms with Crippen molar-refractivity contribution in [2.45, 2.75) is 11.8 Å². The molecule has 0 aliphatic rings. The van der Waals surface area contributed by atoms with Crippen LogP contribution in [0.2, 0.25) is 0 Å². The summed E-state index contributed by atoms with van der Waals surface area (Å²) in [5, 5.41) is 0. The largest absolute Gasteiger partial charge is 0.439 e. The molecule has 0 fully saturated rings. The molecule has 0 amide bonds. The van der Waals surface area contributed by atoms with Crippen molar-refractivity contribution in [3.05, 3.63) is 52.6 Å². The third kappa shape index (κ3) is 3.54. The number of nitrogens with zero attached hydrogens (tertiary/aromatic N) is 1. The van der Waals surface area contributed by atoms with Crippen molar-refractivity contribution < 1.29 is 4.74 Å². The van der Waals surface area contributed by atoms with Gasteiger partial charge in [-0.25, -0.2) is 4.98 Å². The topological polar surface area (TPSA) is 22.1 Å². The number of hydrogen-bond donors (Lipinski definition) is 0. The van der Waals surface area contributed by atoms with Gasteiger partial charge in [0.15, 0.2) is 0 Å². The van der Waals surface area contributed by atoms with Crippen LogP contribution in [0.3, 0.4) is 0 Å². The van der Waals surface area contributed by atoms with Gasteiger partial charge in [-0.2, -0.15) is 0 Å². The predicted molar refractivity (Wildman–Crippen MR) is 75.8 cm³/mol. The Labute approximate surface area is 117 Å². The highest BCUT2D eigenvalue weighted by atomic mass is 79.9. The van der Waals surface area contributed by atoms with Crippen molar-refractivity contribution in [1.82, 2.24) is 4.98 Å². The standard InChI is InChI=1S/C13H11Br2NO/c1-9(14)10-3-2-4-12(7-10)17-13-6-5-11(15)8-16-13/h2-9H,1H3. The number of benzene rings is 1. The predicted octanol–water partition coefficient (Wildman–Crippen LogP) is 5.09. The lowest BCUT2D eigenvalue weighted by Crippen LogP contribution is -1.89. The molecule has 1 heterocycles. The first-order valence-electron chi connectivity index (χ1n) is 5.18. The molecule has 0 saturated carbocycles. The van der Waals surface area contributed by atoms with Crippen molar-refractivity contribution in [3.63, 3.8) is 0 Å². The van der Waals surface area contributed by atoms with E-state index in [0.717, 1.165) is 10.2 Å². The lowest BCUT2D eigenvalue weighted by Gasteiger charge is -2.08. The molecule has 0 spiro atoms. The highest BCUT2D eigenvalue weighted by molar-refractivity contribution is 9.10. The second kappa shape index (κ2) is 5.65. The summed E-state index contributed by atoms with van der Waals surface area (Å²) in [5.74, 6) is 1.39. The molecular formula is C13H11Br2NO. The number of alkyl halides is 1. The van der Waals surface area contributed by atoms with Crippen molar-refractivity contribution in [2.75, 3.05) is 0 Å². The van der Waals surface area contributed by atoms with Crippen molar-refractivity contribution in [3.8, 4) is 11.6 Å². The molecule has 0 aliphatic carbocycles. The van der Waals surface area contributed by atoms with Gasteiger partial charge in [0, 0.05) is 21.6 Å². The average Bonchev–Trinajstić information content (AvgIpc) is 2.32. The molecule has 2 aromatic rings. The molecule has 0 saturated heterocycles. The maximum atomic E-state index is 5.67. The van der Waals surface area contributed by atoms with E-state index in [-0.39, 0.29) is 0 Å². The maximum Gasteiger partial charge on any atom is 0.219 e. The summed E-state index contributed by atoms with van der Waals surface area (Å²) in [6.07, 6.45) is 1.71. The fourth-order valence-corrected chi connectivity index (χ4v) is 1.89. The van der Waals surface area contributed by atoms with Crippen LogP contribution in [0.5, 0.6) is 11.6 Å². The second-order valence-electron chi connectivity index (χ2n) is 3.61. The van der Waals surface area contributed by atoms with Crippen LogP contribution in [-0.2, 0) is 0 Å². The minimum absolute atomic E-state index is 0.309. The molecule has 17 heavy (non-hydrogen) atoms. The van der Waals surface area contributed by atoms with Gasteiger partial charge >= 0.3 is 0 Å². The summed E-state index contributed by atoms with van der Waals surface area (Å²) in [5.41, 5.74) is 1.18. The third-order valence-electron chi connectivity index (χ3n) is 2.24. The van der Waals surface area contributed by atoms with Crippen LogP contribution in [-0.4, -0.2) is 4.98 Å². The van der Waals surface area contributed by atoms with Gasteiger partial charge in [0.05, 0.1) is 0 Å². The molecule has 0 N–H and O–H groups in total. The van der Waals surface area contributed by atoms with E-state index in [9.17, 15) is 0 Å². The average molecular weight is 357 g/mol. The zero-order chi connectivity index (χ0) is 12.3. The molecule has 1 unspecified atom stereocenters. The van der Waals surface area contributed by atoms with Gasteiger partial charge in [0.25, 0.3) is 0 Å². The van der Waals surface area contributed by atoms with Crippen LogP contribution in [0, 0.1) is 0 Å². The molecule has 0 bridgehead atoms. The van der Waals surface area contributed by atoms with Gasteiger partial charge in [0.2, 0.25) is 5.88 Å². The summed E-state index contributed by atoms with van der Waals surface area (Å²) in [4.78, 5) is 4.48. The minimum Gasteiger partial charge on any atom is -0.439 e. The van der Waals surface area contributed by atoms with Crippen molar-refractivity contribution >= 4 is 31.9 Å². The van der Waals surface area contributed by atoms with E-state index >= 15 is 0 Å². The Morgan fingerprint density at radius 3 is 2.71 bits per heavy atom.